The number of phenols is 1. The van der Waals surface area contributed by atoms with E-state index in [-0.39, 0.29) is 16.9 Å². The van der Waals surface area contributed by atoms with E-state index in [0.717, 1.165) is 5.56 Å². The van der Waals surface area contributed by atoms with Crippen LogP contribution >= 0.6 is 0 Å². The lowest BCUT2D eigenvalue weighted by atomic mass is 10.1. The fourth-order valence-corrected chi connectivity index (χ4v) is 1.74. The zero-order chi connectivity index (χ0) is 14.7. The van der Waals surface area contributed by atoms with Crippen LogP contribution in [-0.4, -0.2) is 22.1 Å². The third-order valence-electron chi connectivity index (χ3n) is 2.88. The second-order valence-electron chi connectivity index (χ2n) is 4.31. The summed E-state index contributed by atoms with van der Waals surface area (Å²) < 4.78 is 0. The van der Waals surface area contributed by atoms with Gasteiger partial charge in [-0.2, -0.15) is 0 Å². The number of nitrogens with one attached hydrogen (secondary N) is 1. The molecule has 0 saturated heterocycles. The average molecular weight is 271 g/mol. The number of carboxylic acids is 1. The Kier molecular flexibility index (Phi) is 3.70. The number of amides is 1. The average Bonchev–Trinajstić information content (AvgIpc) is 2.41. The largest absolute Gasteiger partial charge is 0.507 e. The Hall–Kier alpha value is -2.82. The van der Waals surface area contributed by atoms with Crippen LogP contribution in [0.3, 0.4) is 0 Å². The minimum Gasteiger partial charge on any atom is -0.507 e. The molecule has 0 radical (unpaired) electrons. The Morgan fingerprint density at radius 1 is 1.10 bits per heavy atom. The molecule has 1 amide bonds. The molecule has 0 aliphatic carbocycles. The van der Waals surface area contributed by atoms with Crippen molar-refractivity contribution in [3.8, 4) is 5.75 Å². The van der Waals surface area contributed by atoms with Crippen LogP contribution in [0.2, 0.25) is 0 Å². The van der Waals surface area contributed by atoms with Crippen molar-refractivity contribution in [1.29, 1.82) is 0 Å². The molecule has 20 heavy (non-hydrogen) atoms. The molecule has 0 heterocycles. The number of carbonyl (C=O) groups is 2. The number of hydrogen-bond acceptors (Lipinski definition) is 3. The number of carboxylic acid groups (broad SMARTS) is 1. The van der Waals surface area contributed by atoms with E-state index in [2.05, 4.69) is 5.32 Å². The van der Waals surface area contributed by atoms with Gasteiger partial charge in [-0.15, -0.1) is 0 Å². The van der Waals surface area contributed by atoms with E-state index in [1.807, 2.05) is 0 Å². The van der Waals surface area contributed by atoms with Crippen LogP contribution in [0.15, 0.2) is 42.5 Å². The zero-order valence-electron chi connectivity index (χ0n) is 10.8. The topological polar surface area (TPSA) is 86.6 Å². The molecule has 0 aromatic heterocycles. The second-order valence-corrected chi connectivity index (χ2v) is 4.31. The molecule has 0 spiro atoms. The first-order valence-corrected chi connectivity index (χ1v) is 5.92. The summed E-state index contributed by atoms with van der Waals surface area (Å²) in [5, 5.41) is 21.2. The molecule has 102 valence electrons. The lowest BCUT2D eigenvalue weighted by Gasteiger charge is -2.10. The summed E-state index contributed by atoms with van der Waals surface area (Å²) in [5.41, 5.74) is 1.35. The van der Waals surface area contributed by atoms with Crippen molar-refractivity contribution in [1.82, 2.24) is 0 Å². The monoisotopic (exact) mass is 271 g/mol. The summed E-state index contributed by atoms with van der Waals surface area (Å²) in [4.78, 5) is 23.0. The predicted octanol–water partition coefficient (Wildman–Crippen LogP) is 2.65. The van der Waals surface area contributed by atoms with Gasteiger partial charge in [0.15, 0.2) is 0 Å². The van der Waals surface area contributed by atoms with Crippen molar-refractivity contribution in [3.63, 3.8) is 0 Å². The quantitative estimate of drug-likeness (QED) is 0.801. The van der Waals surface area contributed by atoms with Crippen LogP contribution < -0.4 is 5.32 Å². The van der Waals surface area contributed by atoms with Gasteiger partial charge < -0.3 is 15.5 Å². The Morgan fingerprint density at radius 3 is 2.45 bits per heavy atom. The summed E-state index contributed by atoms with van der Waals surface area (Å²) >= 11 is 0. The maximum absolute atomic E-state index is 12.0. The van der Waals surface area contributed by atoms with Gasteiger partial charge in [0.25, 0.3) is 5.91 Å². The van der Waals surface area contributed by atoms with Crippen LogP contribution in [-0.2, 0) is 0 Å². The molecule has 0 atom stereocenters. The van der Waals surface area contributed by atoms with Crippen molar-refractivity contribution in [2.24, 2.45) is 0 Å². The van der Waals surface area contributed by atoms with E-state index in [1.165, 1.54) is 24.3 Å². The summed E-state index contributed by atoms with van der Waals surface area (Å²) in [6.07, 6.45) is 0. The molecule has 0 unspecified atom stereocenters. The third-order valence-corrected chi connectivity index (χ3v) is 2.88. The number of anilines is 1. The summed E-state index contributed by atoms with van der Waals surface area (Å²) in [7, 11) is 0. The highest BCUT2D eigenvalue weighted by molar-refractivity contribution is 6.06. The molecular weight excluding hydrogens is 258 g/mol. The highest BCUT2D eigenvalue weighted by atomic mass is 16.4. The van der Waals surface area contributed by atoms with Gasteiger partial charge in [-0.25, -0.2) is 4.79 Å². The van der Waals surface area contributed by atoms with E-state index in [9.17, 15) is 14.7 Å². The van der Waals surface area contributed by atoms with Gasteiger partial charge in [0.2, 0.25) is 0 Å². The van der Waals surface area contributed by atoms with Gasteiger partial charge in [0.05, 0.1) is 11.1 Å². The highest BCUT2D eigenvalue weighted by Gasteiger charge is 2.13. The Bertz CT molecular complexity index is 679. The van der Waals surface area contributed by atoms with Crippen molar-refractivity contribution in [3.05, 3.63) is 59.2 Å². The Balaban J connectivity index is 2.30. The fraction of sp³-hybridized carbons (Fsp3) is 0.0667. The minimum absolute atomic E-state index is 0.0863. The predicted molar refractivity (Wildman–Crippen MR) is 74.2 cm³/mol. The first-order valence-electron chi connectivity index (χ1n) is 5.92. The van der Waals surface area contributed by atoms with Gasteiger partial charge in [-0.1, -0.05) is 18.2 Å². The molecule has 0 aliphatic heterocycles. The normalized spacial score (nSPS) is 10.1. The van der Waals surface area contributed by atoms with Gasteiger partial charge in [-0.05, 0) is 36.8 Å². The van der Waals surface area contributed by atoms with Crippen molar-refractivity contribution in [2.45, 2.75) is 6.92 Å². The number of aromatic carboxylic acids is 1. The SMILES string of the molecule is Cc1ccc(C(=O)O)cc1NC(=O)c1ccccc1O. The Labute approximate surface area is 115 Å². The zero-order valence-corrected chi connectivity index (χ0v) is 10.8. The maximum Gasteiger partial charge on any atom is 0.335 e. The van der Waals surface area contributed by atoms with Crippen LogP contribution in [0.5, 0.6) is 5.75 Å². The van der Waals surface area contributed by atoms with Crippen LogP contribution in [0, 0.1) is 6.92 Å². The number of para-hydroxylation sites is 1. The van der Waals surface area contributed by atoms with Crippen LogP contribution in [0.4, 0.5) is 5.69 Å². The lowest BCUT2D eigenvalue weighted by Crippen LogP contribution is -2.13. The first-order chi connectivity index (χ1) is 9.49. The molecule has 3 N–H and O–H groups in total. The van der Waals surface area contributed by atoms with Gasteiger partial charge in [-0.3, -0.25) is 4.79 Å². The molecule has 5 heteroatoms. The third kappa shape index (κ3) is 2.77. The molecule has 2 aromatic carbocycles. The van der Waals surface area contributed by atoms with Gasteiger partial charge in [0, 0.05) is 5.69 Å². The molecule has 0 bridgehead atoms. The van der Waals surface area contributed by atoms with Gasteiger partial charge in [0.1, 0.15) is 5.75 Å². The van der Waals surface area contributed by atoms with Crippen molar-refractivity contribution in [2.75, 3.05) is 5.32 Å². The molecule has 2 rings (SSSR count). The first kappa shape index (κ1) is 13.6. The van der Waals surface area contributed by atoms with Crippen LogP contribution in [0.1, 0.15) is 26.3 Å². The van der Waals surface area contributed by atoms with Crippen molar-refractivity contribution < 1.29 is 19.8 Å². The summed E-state index contributed by atoms with van der Waals surface area (Å²) in [6.45, 7) is 1.76. The smallest absolute Gasteiger partial charge is 0.335 e. The number of benzene rings is 2. The maximum atomic E-state index is 12.0. The van der Waals surface area contributed by atoms with E-state index in [0.29, 0.717) is 5.69 Å². The molecule has 2 aromatic rings. The highest BCUT2D eigenvalue weighted by Crippen LogP contribution is 2.21. The van der Waals surface area contributed by atoms with E-state index in [1.54, 1.807) is 25.1 Å². The van der Waals surface area contributed by atoms with E-state index < -0.39 is 11.9 Å². The number of phenolic OH excluding ortho intramolecular Hbond substituents is 1. The fourth-order valence-electron chi connectivity index (χ4n) is 1.74. The molecule has 5 nitrogen and oxygen atoms in total. The molecule has 0 saturated carbocycles. The number of hydrogen-bond donors (Lipinski definition) is 3. The number of carbonyl (C=O) groups excluding carboxylic acids is 1. The molecule has 0 aliphatic rings. The summed E-state index contributed by atoms with van der Waals surface area (Å²) in [5.74, 6) is -1.69. The Morgan fingerprint density at radius 2 is 1.80 bits per heavy atom. The molecular formula is C15H13NO4. The standard InChI is InChI=1S/C15H13NO4/c1-9-6-7-10(15(19)20)8-12(9)16-14(18)11-4-2-3-5-13(11)17/h2-8,17H,1H3,(H,16,18)(H,19,20). The van der Waals surface area contributed by atoms with Gasteiger partial charge >= 0.3 is 5.97 Å². The summed E-state index contributed by atoms with van der Waals surface area (Å²) in [6, 6.07) is 10.6. The second kappa shape index (κ2) is 5.44. The van der Waals surface area contributed by atoms with E-state index in [4.69, 9.17) is 5.11 Å². The molecule has 0 fully saturated rings. The van der Waals surface area contributed by atoms with Crippen LogP contribution in [0.25, 0.3) is 0 Å². The number of aromatic hydroxyl groups is 1. The number of rotatable bonds is 3. The minimum atomic E-state index is -1.07. The van der Waals surface area contributed by atoms with Crippen molar-refractivity contribution >= 4 is 17.6 Å². The lowest BCUT2D eigenvalue weighted by molar-refractivity contribution is 0.0696. The van der Waals surface area contributed by atoms with E-state index >= 15 is 0 Å². The number of aryl methyl sites for hydroxylation is 1.